The number of pyridine rings is 1. The van der Waals surface area contributed by atoms with Gasteiger partial charge in [-0.3, -0.25) is 4.98 Å². The van der Waals surface area contributed by atoms with Gasteiger partial charge in [0.2, 0.25) is 0 Å². The smallest absolute Gasteiger partial charge is 0.160 e. The molecule has 0 radical (unpaired) electrons. The number of benzene rings is 1. The van der Waals surface area contributed by atoms with E-state index in [0.717, 1.165) is 28.2 Å². The highest BCUT2D eigenvalue weighted by Crippen LogP contribution is 2.26. The Hall–Kier alpha value is -3.78. The Morgan fingerprint density at radius 1 is 1.20 bits per heavy atom. The van der Waals surface area contributed by atoms with Crippen LogP contribution in [0.3, 0.4) is 0 Å². The molecule has 0 bridgehead atoms. The lowest BCUT2D eigenvalue weighted by atomic mass is 10.1. The quantitative estimate of drug-likeness (QED) is 0.415. The highest BCUT2D eigenvalue weighted by molar-refractivity contribution is 5.83. The lowest BCUT2D eigenvalue weighted by molar-refractivity contribution is 0.193. The van der Waals surface area contributed by atoms with Crippen molar-refractivity contribution in [1.82, 2.24) is 24.6 Å². The fourth-order valence-electron chi connectivity index (χ4n) is 3.58. The van der Waals surface area contributed by atoms with Crippen LogP contribution < -0.4 is 5.32 Å². The minimum atomic E-state index is -0.736. The lowest BCUT2D eigenvalue weighted by Gasteiger charge is -2.14. The SMILES string of the molecule is Cc1cnn2c(NC[C@H](O)c3c[nH]c4ccccc34)cc(-c3cncc(F)c3)nc12. The number of aromatic nitrogens is 5. The van der Waals surface area contributed by atoms with Crippen LogP contribution in [-0.4, -0.2) is 36.2 Å². The van der Waals surface area contributed by atoms with E-state index in [-0.39, 0.29) is 6.54 Å². The van der Waals surface area contributed by atoms with Crippen LogP contribution in [-0.2, 0) is 0 Å². The fraction of sp³-hybridized carbons (Fsp3) is 0.136. The molecule has 1 aromatic carbocycles. The number of aromatic amines is 1. The number of H-pyrrole nitrogens is 1. The second-order valence-corrected chi connectivity index (χ2v) is 7.17. The maximum atomic E-state index is 13.7. The normalized spacial score (nSPS) is 12.5. The number of hydrogen-bond donors (Lipinski definition) is 3. The predicted octanol–water partition coefficient (Wildman–Crippen LogP) is 3.87. The Balaban J connectivity index is 1.49. The van der Waals surface area contributed by atoms with Crippen molar-refractivity contribution in [3.05, 3.63) is 78.1 Å². The number of nitrogens with one attached hydrogen (secondary N) is 2. The zero-order chi connectivity index (χ0) is 20.7. The molecule has 5 aromatic rings. The van der Waals surface area contributed by atoms with Crippen molar-refractivity contribution in [2.75, 3.05) is 11.9 Å². The second kappa shape index (κ2) is 7.23. The van der Waals surface area contributed by atoms with E-state index in [9.17, 15) is 9.50 Å². The molecule has 7 nitrogen and oxygen atoms in total. The van der Waals surface area contributed by atoms with Gasteiger partial charge in [-0.15, -0.1) is 0 Å². The van der Waals surface area contributed by atoms with Gasteiger partial charge in [0.1, 0.15) is 11.6 Å². The van der Waals surface area contributed by atoms with Crippen molar-refractivity contribution in [1.29, 1.82) is 0 Å². The maximum Gasteiger partial charge on any atom is 0.160 e. The summed E-state index contributed by atoms with van der Waals surface area (Å²) < 4.78 is 15.3. The van der Waals surface area contributed by atoms with Gasteiger partial charge in [-0.2, -0.15) is 9.61 Å². The van der Waals surface area contributed by atoms with Crippen molar-refractivity contribution in [2.45, 2.75) is 13.0 Å². The topological polar surface area (TPSA) is 91.1 Å². The predicted molar refractivity (Wildman–Crippen MR) is 113 cm³/mol. The molecule has 0 aliphatic rings. The number of aryl methyl sites for hydroxylation is 1. The molecule has 0 spiro atoms. The van der Waals surface area contributed by atoms with E-state index < -0.39 is 11.9 Å². The third-order valence-electron chi connectivity index (χ3n) is 5.11. The summed E-state index contributed by atoms with van der Waals surface area (Å²) >= 11 is 0. The number of fused-ring (bicyclic) bond motifs is 2. The average molecular weight is 402 g/mol. The molecule has 4 aromatic heterocycles. The average Bonchev–Trinajstić information content (AvgIpc) is 3.36. The first-order chi connectivity index (χ1) is 14.6. The molecule has 0 saturated heterocycles. The van der Waals surface area contributed by atoms with E-state index in [2.05, 4.69) is 25.4 Å². The van der Waals surface area contributed by atoms with Gasteiger partial charge in [0, 0.05) is 52.6 Å². The van der Waals surface area contributed by atoms with E-state index in [0.29, 0.717) is 22.7 Å². The monoisotopic (exact) mass is 402 g/mol. The molecule has 0 amide bonds. The summed E-state index contributed by atoms with van der Waals surface area (Å²) in [4.78, 5) is 11.7. The summed E-state index contributed by atoms with van der Waals surface area (Å²) in [7, 11) is 0. The number of aliphatic hydroxyl groups excluding tert-OH is 1. The van der Waals surface area contributed by atoms with Crippen molar-refractivity contribution in [3.63, 3.8) is 0 Å². The number of para-hydroxylation sites is 1. The Morgan fingerprint density at radius 2 is 2.07 bits per heavy atom. The molecule has 8 heteroatoms. The minimum absolute atomic E-state index is 0.265. The third kappa shape index (κ3) is 3.17. The minimum Gasteiger partial charge on any atom is -0.386 e. The summed E-state index contributed by atoms with van der Waals surface area (Å²) in [6.07, 6.45) is 5.53. The number of rotatable bonds is 5. The molecule has 1 atom stereocenters. The number of aliphatic hydroxyl groups is 1. The molecule has 0 aliphatic heterocycles. The van der Waals surface area contributed by atoms with Gasteiger partial charge in [0.25, 0.3) is 0 Å². The fourth-order valence-corrected chi connectivity index (χ4v) is 3.58. The van der Waals surface area contributed by atoms with E-state index in [4.69, 9.17) is 0 Å². The highest BCUT2D eigenvalue weighted by atomic mass is 19.1. The van der Waals surface area contributed by atoms with Crippen molar-refractivity contribution < 1.29 is 9.50 Å². The Bertz CT molecular complexity index is 1360. The van der Waals surface area contributed by atoms with Crippen LogP contribution >= 0.6 is 0 Å². The van der Waals surface area contributed by atoms with Crippen LogP contribution in [0.4, 0.5) is 10.2 Å². The summed E-state index contributed by atoms with van der Waals surface area (Å²) in [6.45, 7) is 2.17. The van der Waals surface area contributed by atoms with E-state index in [1.165, 1.54) is 6.07 Å². The molecule has 0 saturated carbocycles. The van der Waals surface area contributed by atoms with Crippen LogP contribution in [0.1, 0.15) is 17.2 Å². The van der Waals surface area contributed by atoms with Crippen LogP contribution in [0, 0.1) is 12.7 Å². The standard InChI is InChI=1S/C22H19FN6O/c1-13-8-27-29-21(7-19(28-22(13)29)14-6-15(23)10-24-9-14)26-12-20(30)17-11-25-18-5-3-2-4-16(17)18/h2-11,20,25-26,30H,12H2,1H3/t20-/m0/s1. The second-order valence-electron chi connectivity index (χ2n) is 7.17. The Kier molecular flexibility index (Phi) is 4.40. The number of hydrogen-bond acceptors (Lipinski definition) is 5. The number of anilines is 1. The number of halogens is 1. The van der Waals surface area contributed by atoms with Gasteiger partial charge in [0.15, 0.2) is 5.65 Å². The number of nitrogens with zero attached hydrogens (tertiary/aromatic N) is 4. The Morgan fingerprint density at radius 3 is 2.93 bits per heavy atom. The largest absolute Gasteiger partial charge is 0.386 e. The van der Waals surface area contributed by atoms with Gasteiger partial charge in [-0.1, -0.05) is 18.2 Å². The van der Waals surface area contributed by atoms with Gasteiger partial charge >= 0.3 is 0 Å². The first-order valence-corrected chi connectivity index (χ1v) is 9.54. The van der Waals surface area contributed by atoms with Crippen LogP contribution in [0.25, 0.3) is 27.8 Å². The highest BCUT2D eigenvalue weighted by Gasteiger charge is 2.15. The van der Waals surface area contributed by atoms with Gasteiger partial charge in [-0.25, -0.2) is 9.37 Å². The van der Waals surface area contributed by atoms with Crippen molar-refractivity contribution >= 4 is 22.4 Å². The maximum absolute atomic E-state index is 13.7. The summed E-state index contributed by atoms with van der Waals surface area (Å²) in [5.74, 6) is 0.218. The molecule has 0 aliphatic carbocycles. The van der Waals surface area contributed by atoms with Gasteiger partial charge in [-0.05, 0) is 19.1 Å². The van der Waals surface area contributed by atoms with E-state index in [1.54, 1.807) is 23.0 Å². The molecule has 0 fully saturated rings. The Labute approximate surface area is 171 Å². The zero-order valence-corrected chi connectivity index (χ0v) is 16.2. The van der Waals surface area contributed by atoms with Crippen molar-refractivity contribution in [2.24, 2.45) is 0 Å². The molecule has 0 unspecified atom stereocenters. The third-order valence-corrected chi connectivity index (χ3v) is 5.11. The van der Waals surface area contributed by atoms with E-state index in [1.807, 2.05) is 37.4 Å². The molecule has 4 heterocycles. The van der Waals surface area contributed by atoms with Gasteiger partial charge in [0.05, 0.1) is 24.2 Å². The van der Waals surface area contributed by atoms with Crippen LogP contribution in [0.2, 0.25) is 0 Å². The zero-order valence-electron chi connectivity index (χ0n) is 16.2. The summed E-state index contributed by atoms with van der Waals surface area (Å²) in [6, 6.07) is 11.0. The first kappa shape index (κ1) is 18.3. The summed E-state index contributed by atoms with van der Waals surface area (Å²) in [5, 5.41) is 19.4. The first-order valence-electron chi connectivity index (χ1n) is 9.54. The van der Waals surface area contributed by atoms with E-state index >= 15 is 0 Å². The molecular weight excluding hydrogens is 383 g/mol. The lowest BCUT2D eigenvalue weighted by Crippen LogP contribution is -2.14. The summed E-state index contributed by atoms with van der Waals surface area (Å²) in [5.41, 5.74) is 4.47. The molecule has 5 rings (SSSR count). The molecule has 30 heavy (non-hydrogen) atoms. The van der Waals surface area contributed by atoms with Crippen molar-refractivity contribution in [3.8, 4) is 11.3 Å². The molecule has 150 valence electrons. The van der Waals surface area contributed by atoms with Gasteiger partial charge < -0.3 is 15.4 Å². The molecular formula is C22H19FN6O. The van der Waals surface area contributed by atoms with Crippen LogP contribution in [0.5, 0.6) is 0 Å². The molecule has 3 N–H and O–H groups in total. The van der Waals surface area contributed by atoms with Crippen LogP contribution in [0.15, 0.2) is 61.2 Å².